The second-order valence-corrected chi connectivity index (χ2v) is 6.56. The Bertz CT molecular complexity index is 617. The molecule has 25 heavy (non-hydrogen) atoms. The van der Waals surface area contributed by atoms with Crippen LogP contribution in [0.25, 0.3) is 0 Å². The van der Waals surface area contributed by atoms with Gasteiger partial charge in [-0.05, 0) is 23.4 Å². The van der Waals surface area contributed by atoms with Gasteiger partial charge < -0.3 is 15.4 Å². The van der Waals surface area contributed by atoms with Gasteiger partial charge >= 0.3 is 0 Å². The van der Waals surface area contributed by atoms with Gasteiger partial charge in [-0.2, -0.15) is 0 Å². The van der Waals surface area contributed by atoms with Crippen molar-refractivity contribution >= 4 is 41.3 Å². The van der Waals surface area contributed by atoms with Crippen molar-refractivity contribution < 1.29 is 4.74 Å². The number of halogens is 1. The Balaban J connectivity index is 0.00000312. The van der Waals surface area contributed by atoms with E-state index in [2.05, 4.69) is 52.0 Å². The van der Waals surface area contributed by atoms with E-state index in [1.54, 1.807) is 18.4 Å². The number of pyridine rings is 1. The molecule has 0 spiro atoms. The lowest BCUT2D eigenvalue weighted by Crippen LogP contribution is -2.38. The number of aliphatic imine (C=N–C) groups is 1. The second-order valence-electron chi connectivity index (χ2n) is 5.58. The summed E-state index contributed by atoms with van der Waals surface area (Å²) in [6, 6.07) is 8.18. The summed E-state index contributed by atoms with van der Waals surface area (Å²) >= 11 is 1.79. The molecule has 2 rings (SSSR count). The summed E-state index contributed by atoms with van der Waals surface area (Å²) in [5.41, 5.74) is 1.09. The predicted octanol–water partition coefficient (Wildman–Crippen LogP) is 4.02. The van der Waals surface area contributed by atoms with E-state index in [0.29, 0.717) is 24.9 Å². The molecule has 0 aliphatic heterocycles. The maximum Gasteiger partial charge on any atom is 0.213 e. The van der Waals surface area contributed by atoms with Crippen LogP contribution in [-0.4, -0.2) is 31.1 Å². The molecule has 0 aliphatic rings. The number of hydrogen-bond donors (Lipinski definition) is 2. The number of aromatic nitrogens is 1. The SMILES string of the molecule is CCCOc1ccc(CNC(=NC)NCC(C)c2cccs2)cn1.I. The van der Waals surface area contributed by atoms with Crippen molar-refractivity contribution in [3.8, 4) is 5.88 Å². The van der Waals surface area contributed by atoms with Crippen molar-refractivity contribution in [2.75, 3.05) is 20.2 Å². The van der Waals surface area contributed by atoms with Crippen molar-refractivity contribution in [1.82, 2.24) is 15.6 Å². The predicted molar refractivity (Wildman–Crippen MR) is 116 cm³/mol. The summed E-state index contributed by atoms with van der Waals surface area (Å²) in [5, 5.41) is 8.79. The highest BCUT2D eigenvalue weighted by molar-refractivity contribution is 14.0. The van der Waals surface area contributed by atoms with E-state index in [0.717, 1.165) is 24.5 Å². The lowest BCUT2D eigenvalue weighted by molar-refractivity contribution is 0.305. The molecule has 1 unspecified atom stereocenters. The zero-order valence-electron chi connectivity index (χ0n) is 15.0. The van der Waals surface area contributed by atoms with Gasteiger partial charge in [0.05, 0.1) is 6.61 Å². The Morgan fingerprint density at radius 3 is 2.76 bits per heavy atom. The fourth-order valence-corrected chi connectivity index (χ4v) is 2.92. The van der Waals surface area contributed by atoms with E-state index in [1.807, 2.05) is 18.3 Å². The third-order valence-electron chi connectivity index (χ3n) is 3.54. The Kier molecular flexibility index (Phi) is 10.5. The van der Waals surface area contributed by atoms with Crippen LogP contribution in [-0.2, 0) is 6.54 Å². The maximum absolute atomic E-state index is 5.49. The summed E-state index contributed by atoms with van der Waals surface area (Å²) in [5.74, 6) is 1.93. The summed E-state index contributed by atoms with van der Waals surface area (Å²) < 4.78 is 5.49. The first-order valence-corrected chi connectivity index (χ1v) is 9.16. The lowest BCUT2D eigenvalue weighted by Gasteiger charge is -2.15. The third-order valence-corrected chi connectivity index (χ3v) is 4.64. The van der Waals surface area contributed by atoms with Crippen LogP contribution in [0.15, 0.2) is 40.8 Å². The number of thiophene rings is 1. The maximum atomic E-state index is 5.49. The Morgan fingerprint density at radius 1 is 1.32 bits per heavy atom. The van der Waals surface area contributed by atoms with Crippen molar-refractivity contribution in [3.63, 3.8) is 0 Å². The Hall–Kier alpha value is -1.35. The van der Waals surface area contributed by atoms with Gasteiger partial charge in [-0.1, -0.05) is 26.0 Å². The quantitative estimate of drug-likeness (QED) is 0.345. The van der Waals surface area contributed by atoms with Gasteiger partial charge in [0.15, 0.2) is 5.96 Å². The Morgan fingerprint density at radius 2 is 2.16 bits per heavy atom. The van der Waals surface area contributed by atoms with E-state index in [9.17, 15) is 0 Å². The van der Waals surface area contributed by atoms with Crippen LogP contribution >= 0.6 is 35.3 Å². The van der Waals surface area contributed by atoms with Crippen molar-refractivity contribution in [1.29, 1.82) is 0 Å². The first-order valence-electron chi connectivity index (χ1n) is 8.28. The molecule has 2 aromatic rings. The van der Waals surface area contributed by atoms with Crippen molar-refractivity contribution in [2.45, 2.75) is 32.7 Å². The molecule has 2 aromatic heterocycles. The standard InChI is InChI=1S/C18H26N4OS.HI/c1-4-9-23-17-8-7-15(12-20-17)13-22-18(19-3)21-11-14(2)16-6-5-10-24-16;/h5-8,10,12,14H,4,9,11,13H2,1-3H3,(H2,19,21,22);1H. The van der Waals surface area contributed by atoms with Gasteiger partial charge in [0, 0.05) is 43.2 Å². The molecule has 2 heterocycles. The van der Waals surface area contributed by atoms with E-state index in [1.165, 1.54) is 4.88 Å². The normalized spacial score (nSPS) is 12.2. The number of nitrogens with zero attached hydrogens (tertiary/aromatic N) is 2. The highest BCUT2D eigenvalue weighted by Crippen LogP contribution is 2.19. The minimum absolute atomic E-state index is 0. The van der Waals surface area contributed by atoms with Crippen molar-refractivity contribution in [2.24, 2.45) is 4.99 Å². The smallest absolute Gasteiger partial charge is 0.213 e. The molecule has 2 N–H and O–H groups in total. The number of nitrogens with one attached hydrogen (secondary N) is 2. The summed E-state index contributed by atoms with van der Waals surface area (Å²) in [6.45, 7) is 6.52. The molecule has 5 nitrogen and oxygen atoms in total. The number of rotatable bonds is 8. The second kappa shape index (κ2) is 12.1. The average Bonchev–Trinajstić information content (AvgIpc) is 3.15. The molecule has 0 radical (unpaired) electrons. The highest BCUT2D eigenvalue weighted by atomic mass is 127. The molecule has 0 amide bonds. The monoisotopic (exact) mass is 474 g/mol. The first-order chi connectivity index (χ1) is 11.7. The lowest BCUT2D eigenvalue weighted by atomic mass is 10.1. The zero-order valence-corrected chi connectivity index (χ0v) is 18.1. The van der Waals surface area contributed by atoms with Crippen LogP contribution in [0.5, 0.6) is 5.88 Å². The van der Waals surface area contributed by atoms with Gasteiger partial charge in [0.2, 0.25) is 5.88 Å². The van der Waals surface area contributed by atoms with Crippen LogP contribution in [0.4, 0.5) is 0 Å². The molecule has 1 atom stereocenters. The molecule has 0 saturated carbocycles. The fourth-order valence-electron chi connectivity index (χ4n) is 2.14. The molecule has 7 heteroatoms. The van der Waals surface area contributed by atoms with E-state index in [4.69, 9.17) is 4.74 Å². The average molecular weight is 474 g/mol. The largest absolute Gasteiger partial charge is 0.478 e. The molecular formula is C18H27IN4OS. The minimum atomic E-state index is 0. The summed E-state index contributed by atoms with van der Waals surface area (Å²) in [4.78, 5) is 9.95. The van der Waals surface area contributed by atoms with Crippen LogP contribution in [0.1, 0.15) is 36.6 Å². The molecule has 0 saturated heterocycles. The number of hydrogen-bond acceptors (Lipinski definition) is 4. The summed E-state index contributed by atoms with van der Waals surface area (Å²) in [7, 11) is 1.78. The minimum Gasteiger partial charge on any atom is -0.478 e. The van der Waals surface area contributed by atoms with Gasteiger partial charge in [-0.3, -0.25) is 4.99 Å². The first kappa shape index (κ1) is 21.7. The van der Waals surface area contributed by atoms with Gasteiger partial charge in [-0.15, -0.1) is 35.3 Å². The molecule has 0 fully saturated rings. The van der Waals surface area contributed by atoms with Crippen LogP contribution in [0.3, 0.4) is 0 Å². The van der Waals surface area contributed by atoms with Crippen molar-refractivity contribution in [3.05, 3.63) is 46.3 Å². The molecule has 138 valence electrons. The van der Waals surface area contributed by atoms with E-state index < -0.39 is 0 Å². The highest BCUT2D eigenvalue weighted by Gasteiger charge is 2.07. The fraction of sp³-hybridized carbons (Fsp3) is 0.444. The summed E-state index contributed by atoms with van der Waals surface area (Å²) in [6.07, 6.45) is 2.82. The topological polar surface area (TPSA) is 58.5 Å². The van der Waals surface area contributed by atoms with Crippen LogP contribution in [0, 0.1) is 0 Å². The molecule has 0 aliphatic carbocycles. The van der Waals surface area contributed by atoms with E-state index in [-0.39, 0.29) is 24.0 Å². The third kappa shape index (κ3) is 7.60. The molecule has 0 aromatic carbocycles. The van der Waals surface area contributed by atoms with Gasteiger partial charge in [-0.25, -0.2) is 4.98 Å². The van der Waals surface area contributed by atoms with E-state index >= 15 is 0 Å². The Labute approximate surface area is 171 Å². The molecule has 0 bridgehead atoms. The van der Waals surface area contributed by atoms with Crippen LogP contribution in [0.2, 0.25) is 0 Å². The number of guanidine groups is 1. The number of ether oxygens (including phenoxy) is 1. The van der Waals surface area contributed by atoms with Crippen LogP contribution < -0.4 is 15.4 Å². The van der Waals surface area contributed by atoms with Gasteiger partial charge in [0.25, 0.3) is 0 Å². The van der Waals surface area contributed by atoms with Gasteiger partial charge in [0.1, 0.15) is 0 Å². The zero-order chi connectivity index (χ0) is 17.2. The molecular weight excluding hydrogens is 447 g/mol.